The van der Waals surface area contributed by atoms with Crippen LogP contribution in [0.5, 0.6) is 0 Å². The minimum Gasteiger partial charge on any atom is -0.356 e. The molecule has 4 heterocycles. The molecule has 0 spiro atoms. The van der Waals surface area contributed by atoms with E-state index >= 15 is 0 Å². The Labute approximate surface area is 176 Å². The van der Waals surface area contributed by atoms with Gasteiger partial charge in [0, 0.05) is 52.7 Å². The lowest BCUT2D eigenvalue weighted by Gasteiger charge is -2.31. The second-order valence-corrected chi connectivity index (χ2v) is 9.21. The van der Waals surface area contributed by atoms with Crippen LogP contribution in [-0.4, -0.2) is 39.1 Å². The smallest absolute Gasteiger partial charge is 0.258 e. The highest BCUT2D eigenvalue weighted by Crippen LogP contribution is 2.33. The fourth-order valence-corrected chi connectivity index (χ4v) is 5.51. The molecule has 1 aliphatic rings. The molecule has 0 N–H and O–H groups in total. The van der Waals surface area contributed by atoms with Crippen molar-refractivity contribution in [3.05, 3.63) is 62.4 Å². The van der Waals surface area contributed by atoms with Gasteiger partial charge in [0.1, 0.15) is 5.82 Å². The predicted molar refractivity (Wildman–Crippen MR) is 115 cm³/mol. The number of rotatable bonds is 4. The molecule has 0 bridgehead atoms. The largest absolute Gasteiger partial charge is 0.356 e. The van der Waals surface area contributed by atoms with Gasteiger partial charge in [0.15, 0.2) is 10.5 Å². The first-order valence-electron chi connectivity index (χ1n) is 10.3. The Morgan fingerprint density at radius 1 is 1.23 bits per heavy atom. The van der Waals surface area contributed by atoms with Crippen molar-refractivity contribution in [3.8, 4) is 0 Å². The highest BCUT2D eigenvalue weighted by Gasteiger charge is 2.25. The quantitative estimate of drug-likeness (QED) is 0.492. The fraction of sp³-hybridized carbons (Fsp3) is 0.409. The number of aryl methyl sites for hydroxylation is 2. The van der Waals surface area contributed by atoms with Crippen molar-refractivity contribution in [1.29, 1.82) is 0 Å². The van der Waals surface area contributed by atoms with Gasteiger partial charge in [-0.25, -0.2) is 9.37 Å². The molecule has 0 atom stereocenters. The molecule has 8 heteroatoms. The van der Waals surface area contributed by atoms with Crippen LogP contribution in [0, 0.1) is 19.7 Å². The molecule has 1 aliphatic heterocycles. The van der Waals surface area contributed by atoms with Gasteiger partial charge in [0.05, 0.1) is 5.69 Å². The van der Waals surface area contributed by atoms with Crippen molar-refractivity contribution in [2.24, 2.45) is 0 Å². The number of fused-ring (bicyclic) bond motifs is 2. The molecule has 0 radical (unpaired) electrons. The lowest BCUT2D eigenvalue weighted by atomic mass is 9.91. The summed E-state index contributed by atoms with van der Waals surface area (Å²) in [4.78, 5) is 21.3. The SMILES string of the molecule is Cc1cc(=O)n2c(CCN3CCC(c4noc5cc(F)ccc45)CC3)c(C)sc2n1. The summed E-state index contributed by atoms with van der Waals surface area (Å²) in [7, 11) is 0. The molecular weight excluding hydrogens is 403 g/mol. The first kappa shape index (κ1) is 19.4. The Morgan fingerprint density at radius 2 is 2.03 bits per heavy atom. The Hall–Kier alpha value is -2.58. The molecule has 6 nitrogen and oxygen atoms in total. The normalized spacial score (nSPS) is 16.1. The summed E-state index contributed by atoms with van der Waals surface area (Å²) in [6, 6.07) is 6.22. The zero-order valence-electron chi connectivity index (χ0n) is 17.0. The third-order valence-electron chi connectivity index (χ3n) is 6.04. The molecule has 4 aromatic rings. The minimum absolute atomic E-state index is 0.00454. The van der Waals surface area contributed by atoms with Crippen molar-refractivity contribution in [1.82, 2.24) is 19.4 Å². The first-order valence-corrected chi connectivity index (χ1v) is 11.1. The second kappa shape index (κ2) is 7.59. The van der Waals surface area contributed by atoms with Crippen LogP contribution in [0.15, 0.2) is 33.6 Å². The van der Waals surface area contributed by atoms with E-state index in [1.165, 1.54) is 12.1 Å². The van der Waals surface area contributed by atoms with Gasteiger partial charge in [-0.3, -0.25) is 9.20 Å². The third kappa shape index (κ3) is 3.44. The summed E-state index contributed by atoms with van der Waals surface area (Å²) in [6.07, 6.45) is 2.81. The van der Waals surface area contributed by atoms with E-state index in [1.807, 2.05) is 6.92 Å². The number of aromatic nitrogens is 3. The maximum absolute atomic E-state index is 13.4. The van der Waals surface area contributed by atoms with Gasteiger partial charge in [0.2, 0.25) is 0 Å². The highest BCUT2D eigenvalue weighted by molar-refractivity contribution is 7.17. The fourth-order valence-electron chi connectivity index (χ4n) is 4.45. The summed E-state index contributed by atoms with van der Waals surface area (Å²) >= 11 is 1.58. The zero-order chi connectivity index (χ0) is 20.8. The van der Waals surface area contributed by atoms with Crippen LogP contribution < -0.4 is 5.56 Å². The Bertz CT molecular complexity index is 1280. The van der Waals surface area contributed by atoms with E-state index in [9.17, 15) is 9.18 Å². The van der Waals surface area contributed by atoms with Crippen LogP contribution in [-0.2, 0) is 6.42 Å². The van der Waals surface area contributed by atoms with Gasteiger partial charge in [-0.1, -0.05) is 5.16 Å². The van der Waals surface area contributed by atoms with E-state index in [1.54, 1.807) is 27.9 Å². The van der Waals surface area contributed by atoms with Gasteiger partial charge in [-0.2, -0.15) is 0 Å². The van der Waals surface area contributed by atoms with E-state index in [4.69, 9.17) is 4.52 Å². The number of benzene rings is 1. The Balaban J connectivity index is 1.26. The maximum atomic E-state index is 13.4. The lowest BCUT2D eigenvalue weighted by molar-refractivity contribution is 0.211. The Kier molecular flexibility index (Phi) is 4.91. The number of thiazole rings is 1. The molecule has 1 fully saturated rings. The van der Waals surface area contributed by atoms with Gasteiger partial charge in [-0.15, -0.1) is 11.3 Å². The number of hydrogen-bond donors (Lipinski definition) is 0. The summed E-state index contributed by atoms with van der Waals surface area (Å²) in [5, 5.41) is 5.14. The minimum atomic E-state index is -0.305. The molecule has 0 amide bonds. The van der Waals surface area contributed by atoms with E-state index in [-0.39, 0.29) is 11.4 Å². The number of nitrogens with zero attached hydrogens (tertiary/aromatic N) is 4. The summed E-state index contributed by atoms with van der Waals surface area (Å²) in [5.74, 6) is 0.0206. The molecule has 5 rings (SSSR count). The molecule has 0 unspecified atom stereocenters. The van der Waals surface area contributed by atoms with Gasteiger partial charge in [0.25, 0.3) is 5.56 Å². The van der Waals surface area contributed by atoms with Gasteiger partial charge in [-0.05, 0) is 51.9 Å². The third-order valence-corrected chi connectivity index (χ3v) is 7.04. The number of halogens is 1. The molecule has 0 aliphatic carbocycles. The van der Waals surface area contributed by atoms with Gasteiger partial charge < -0.3 is 9.42 Å². The van der Waals surface area contributed by atoms with Gasteiger partial charge >= 0.3 is 0 Å². The van der Waals surface area contributed by atoms with E-state index in [0.717, 1.165) is 71.2 Å². The molecule has 30 heavy (non-hydrogen) atoms. The van der Waals surface area contributed by atoms with E-state index in [2.05, 4.69) is 22.0 Å². The standard InChI is InChI=1S/C22H23FN4O2S/c1-13-11-20(28)27-18(14(2)30-22(27)24-13)7-10-26-8-5-15(6-9-26)21-17-4-3-16(23)12-19(17)29-25-21/h3-4,11-12,15H,5-10H2,1-2H3. The number of piperidine rings is 1. The van der Waals surface area contributed by atoms with Crippen LogP contribution in [0.25, 0.3) is 15.9 Å². The van der Waals surface area contributed by atoms with Crippen molar-refractivity contribution < 1.29 is 8.91 Å². The van der Waals surface area contributed by atoms with Crippen LogP contribution in [0.2, 0.25) is 0 Å². The van der Waals surface area contributed by atoms with Crippen LogP contribution in [0.1, 0.15) is 40.7 Å². The predicted octanol–water partition coefficient (Wildman–Crippen LogP) is 4.08. The lowest BCUT2D eigenvalue weighted by Crippen LogP contribution is -2.35. The zero-order valence-corrected chi connectivity index (χ0v) is 17.8. The summed E-state index contributed by atoms with van der Waals surface area (Å²) in [5.41, 5.74) is 3.29. The second-order valence-electron chi connectivity index (χ2n) is 8.03. The van der Waals surface area contributed by atoms with Crippen molar-refractivity contribution in [3.63, 3.8) is 0 Å². The van der Waals surface area contributed by atoms with Crippen molar-refractivity contribution in [2.45, 2.75) is 39.0 Å². The van der Waals surface area contributed by atoms with Crippen LogP contribution in [0.4, 0.5) is 4.39 Å². The topological polar surface area (TPSA) is 63.6 Å². The average Bonchev–Trinajstić information content (AvgIpc) is 3.26. The molecule has 3 aromatic heterocycles. The first-order chi connectivity index (χ1) is 14.5. The van der Waals surface area contributed by atoms with Crippen LogP contribution >= 0.6 is 11.3 Å². The van der Waals surface area contributed by atoms with E-state index < -0.39 is 0 Å². The van der Waals surface area contributed by atoms with Crippen molar-refractivity contribution >= 4 is 27.3 Å². The Morgan fingerprint density at radius 3 is 2.83 bits per heavy atom. The average molecular weight is 427 g/mol. The van der Waals surface area contributed by atoms with Crippen LogP contribution in [0.3, 0.4) is 0 Å². The molecule has 156 valence electrons. The van der Waals surface area contributed by atoms with Crippen molar-refractivity contribution in [2.75, 3.05) is 19.6 Å². The summed E-state index contributed by atoms with van der Waals surface area (Å²) < 4.78 is 20.5. The highest BCUT2D eigenvalue weighted by atomic mass is 32.1. The van der Waals surface area contributed by atoms with E-state index in [0.29, 0.717) is 11.5 Å². The monoisotopic (exact) mass is 426 g/mol. The molecule has 0 saturated carbocycles. The summed E-state index contributed by atoms with van der Waals surface area (Å²) in [6.45, 7) is 6.76. The molecular formula is C22H23FN4O2S. The molecule has 1 aromatic carbocycles. The number of hydrogen-bond acceptors (Lipinski definition) is 6. The number of likely N-dealkylation sites (tertiary alicyclic amines) is 1. The maximum Gasteiger partial charge on any atom is 0.258 e. The molecule has 1 saturated heterocycles.